The number of aromatic hydroxyl groups is 1. The highest BCUT2D eigenvalue weighted by Crippen LogP contribution is 2.10. The highest BCUT2D eigenvalue weighted by Gasteiger charge is 2.14. The van der Waals surface area contributed by atoms with Gasteiger partial charge in [0.1, 0.15) is 5.69 Å². The molecule has 0 atom stereocenters. The minimum Gasteiger partial charge on any atom is -0.491 e. The second-order valence-electron chi connectivity index (χ2n) is 2.58. The van der Waals surface area contributed by atoms with E-state index in [1.165, 1.54) is 4.57 Å². The predicted octanol–water partition coefficient (Wildman–Crippen LogP) is -1.55. The molecule has 1 aromatic heterocycles. The Balaban J connectivity index is 2.64. The van der Waals surface area contributed by atoms with Gasteiger partial charge in [-0.15, -0.1) is 5.10 Å². The monoisotopic (exact) mass is 168 g/mol. The Kier molecular flexibility index (Phi) is 1.54. The van der Waals surface area contributed by atoms with E-state index in [0.717, 1.165) is 6.54 Å². The summed E-state index contributed by atoms with van der Waals surface area (Å²) >= 11 is 0. The molecular formula is C6H8N4O2. The molecule has 0 radical (unpaired) electrons. The lowest BCUT2D eigenvalue weighted by molar-refractivity contribution is 0.388. The van der Waals surface area contributed by atoms with Gasteiger partial charge in [0.15, 0.2) is 0 Å². The van der Waals surface area contributed by atoms with Gasteiger partial charge in [0, 0.05) is 19.6 Å². The Bertz CT molecular complexity index is 359. The molecule has 2 rings (SSSR count). The maximum absolute atomic E-state index is 11.1. The van der Waals surface area contributed by atoms with Crippen LogP contribution in [0.15, 0.2) is 4.79 Å². The fraction of sp³-hybridized carbons (Fsp3) is 0.500. The van der Waals surface area contributed by atoms with Gasteiger partial charge in [0.05, 0.1) is 0 Å². The molecule has 1 aliphatic rings. The lowest BCUT2D eigenvalue weighted by atomic mass is 10.3. The normalized spacial score (nSPS) is 15.7. The second kappa shape index (κ2) is 2.56. The molecule has 0 amide bonds. The predicted molar refractivity (Wildman–Crippen MR) is 39.7 cm³/mol. The van der Waals surface area contributed by atoms with Crippen LogP contribution in [-0.2, 0) is 13.1 Å². The Morgan fingerprint density at radius 1 is 1.50 bits per heavy atom. The zero-order valence-corrected chi connectivity index (χ0v) is 6.32. The molecule has 1 aromatic rings. The summed E-state index contributed by atoms with van der Waals surface area (Å²) in [4.78, 5) is 11.1. The molecule has 0 bridgehead atoms. The lowest BCUT2D eigenvalue weighted by Crippen LogP contribution is -2.37. The van der Waals surface area contributed by atoms with Crippen LogP contribution >= 0.6 is 0 Å². The summed E-state index contributed by atoms with van der Waals surface area (Å²) in [7, 11) is 0. The Morgan fingerprint density at radius 3 is 3.08 bits per heavy atom. The number of hydrogen-bond donors (Lipinski definition) is 2. The highest BCUT2D eigenvalue weighted by molar-refractivity contribution is 5.15. The first-order valence-electron chi connectivity index (χ1n) is 3.65. The maximum atomic E-state index is 11.1. The number of fused-ring (bicyclic) bond motifs is 1. The summed E-state index contributed by atoms with van der Waals surface area (Å²) in [5.74, 6) is -0.165. The van der Waals surface area contributed by atoms with Crippen LogP contribution in [0.25, 0.3) is 0 Å². The Hall–Kier alpha value is -1.43. The molecule has 0 aliphatic carbocycles. The molecule has 2 heterocycles. The van der Waals surface area contributed by atoms with E-state index >= 15 is 0 Å². The molecule has 64 valence electrons. The molecule has 0 spiro atoms. The molecule has 0 unspecified atom stereocenters. The zero-order valence-electron chi connectivity index (χ0n) is 6.32. The van der Waals surface area contributed by atoms with E-state index in [2.05, 4.69) is 15.5 Å². The third-order valence-corrected chi connectivity index (χ3v) is 1.85. The number of nitrogens with one attached hydrogen (secondary N) is 1. The van der Waals surface area contributed by atoms with Crippen molar-refractivity contribution in [1.82, 2.24) is 20.1 Å². The number of nitrogens with zero attached hydrogens (tertiary/aromatic N) is 3. The van der Waals surface area contributed by atoms with Gasteiger partial charge in [-0.1, -0.05) is 5.10 Å². The molecule has 1 aliphatic heterocycles. The van der Waals surface area contributed by atoms with E-state index in [1.54, 1.807) is 0 Å². The Labute approximate surface area is 67.9 Å². The van der Waals surface area contributed by atoms with Crippen LogP contribution in [0.3, 0.4) is 0 Å². The van der Waals surface area contributed by atoms with Crippen molar-refractivity contribution < 1.29 is 5.11 Å². The molecule has 0 aromatic carbocycles. The summed E-state index contributed by atoms with van der Waals surface area (Å²) in [6.45, 7) is 1.73. The number of rotatable bonds is 0. The summed E-state index contributed by atoms with van der Waals surface area (Å²) < 4.78 is 1.43. The SMILES string of the molecule is O=c1nnc(O)c2n1CCNC2. The summed E-state index contributed by atoms with van der Waals surface area (Å²) in [6, 6.07) is 0. The average Bonchev–Trinajstić information content (AvgIpc) is 2.12. The van der Waals surface area contributed by atoms with Gasteiger partial charge in [-0.3, -0.25) is 4.57 Å². The van der Waals surface area contributed by atoms with Crippen LogP contribution < -0.4 is 11.0 Å². The second-order valence-corrected chi connectivity index (χ2v) is 2.58. The van der Waals surface area contributed by atoms with Crippen molar-refractivity contribution >= 4 is 0 Å². The first-order chi connectivity index (χ1) is 5.79. The van der Waals surface area contributed by atoms with Crippen LogP contribution in [0.2, 0.25) is 0 Å². The molecular weight excluding hydrogens is 160 g/mol. The lowest BCUT2D eigenvalue weighted by Gasteiger charge is -2.17. The van der Waals surface area contributed by atoms with Crippen molar-refractivity contribution in [2.45, 2.75) is 13.1 Å². The van der Waals surface area contributed by atoms with Gasteiger partial charge in [0.2, 0.25) is 0 Å². The van der Waals surface area contributed by atoms with Crippen LogP contribution in [0.5, 0.6) is 5.88 Å². The molecule has 6 heteroatoms. The minimum atomic E-state index is -0.399. The van der Waals surface area contributed by atoms with Crippen LogP contribution in [0.1, 0.15) is 5.69 Å². The molecule has 12 heavy (non-hydrogen) atoms. The van der Waals surface area contributed by atoms with Crippen LogP contribution in [-0.4, -0.2) is 26.4 Å². The molecule has 0 fully saturated rings. The first kappa shape index (κ1) is 7.23. The molecule has 2 N–H and O–H groups in total. The smallest absolute Gasteiger partial charge is 0.366 e. The van der Waals surface area contributed by atoms with Crippen molar-refractivity contribution in [3.05, 3.63) is 16.2 Å². The van der Waals surface area contributed by atoms with E-state index in [-0.39, 0.29) is 5.88 Å². The standard InChI is InChI=1S/C6H8N4O2/c11-5-4-3-7-1-2-10(4)6(12)9-8-5/h7,11H,1-3H2. The minimum absolute atomic E-state index is 0.165. The van der Waals surface area contributed by atoms with E-state index in [0.29, 0.717) is 18.8 Å². The van der Waals surface area contributed by atoms with Crippen molar-refractivity contribution in [1.29, 1.82) is 0 Å². The fourth-order valence-electron chi connectivity index (χ4n) is 1.24. The third kappa shape index (κ3) is 0.964. The maximum Gasteiger partial charge on any atom is 0.366 e. The van der Waals surface area contributed by atoms with E-state index in [4.69, 9.17) is 0 Å². The van der Waals surface area contributed by atoms with Gasteiger partial charge in [-0.2, -0.15) is 0 Å². The zero-order chi connectivity index (χ0) is 8.55. The average molecular weight is 168 g/mol. The summed E-state index contributed by atoms with van der Waals surface area (Å²) in [6.07, 6.45) is 0. The van der Waals surface area contributed by atoms with Crippen LogP contribution in [0, 0.1) is 0 Å². The Morgan fingerprint density at radius 2 is 2.33 bits per heavy atom. The van der Waals surface area contributed by atoms with Crippen molar-refractivity contribution in [2.24, 2.45) is 0 Å². The van der Waals surface area contributed by atoms with Crippen LogP contribution in [0.4, 0.5) is 0 Å². The largest absolute Gasteiger partial charge is 0.491 e. The van der Waals surface area contributed by atoms with Gasteiger partial charge in [-0.25, -0.2) is 4.79 Å². The van der Waals surface area contributed by atoms with Gasteiger partial charge < -0.3 is 10.4 Å². The number of aromatic nitrogens is 3. The van der Waals surface area contributed by atoms with Crippen molar-refractivity contribution in [3.8, 4) is 5.88 Å². The topological polar surface area (TPSA) is 80.0 Å². The highest BCUT2D eigenvalue weighted by atomic mass is 16.3. The van der Waals surface area contributed by atoms with Crippen molar-refractivity contribution in [2.75, 3.05) is 6.54 Å². The summed E-state index contributed by atoms with van der Waals surface area (Å²) in [5.41, 5.74) is 0.116. The quantitative estimate of drug-likeness (QED) is 0.490. The molecule has 0 saturated carbocycles. The third-order valence-electron chi connectivity index (χ3n) is 1.85. The first-order valence-corrected chi connectivity index (χ1v) is 3.65. The molecule has 0 saturated heterocycles. The van der Waals surface area contributed by atoms with Crippen molar-refractivity contribution in [3.63, 3.8) is 0 Å². The van der Waals surface area contributed by atoms with E-state index in [9.17, 15) is 9.90 Å². The van der Waals surface area contributed by atoms with E-state index in [1.807, 2.05) is 0 Å². The van der Waals surface area contributed by atoms with Gasteiger partial charge in [0.25, 0.3) is 5.88 Å². The van der Waals surface area contributed by atoms with Gasteiger partial charge in [-0.05, 0) is 0 Å². The van der Waals surface area contributed by atoms with E-state index < -0.39 is 5.69 Å². The fourth-order valence-corrected chi connectivity index (χ4v) is 1.24. The summed E-state index contributed by atoms with van der Waals surface area (Å²) in [5, 5.41) is 18.8. The molecule has 6 nitrogen and oxygen atoms in total. The number of hydrogen-bond acceptors (Lipinski definition) is 5. The van der Waals surface area contributed by atoms with Gasteiger partial charge >= 0.3 is 5.69 Å².